The zero-order chi connectivity index (χ0) is 24.6. The van der Waals surface area contributed by atoms with Crippen LogP contribution in [0.25, 0.3) is 0 Å². The van der Waals surface area contributed by atoms with E-state index in [2.05, 4.69) is 10.3 Å². The second-order valence-corrected chi connectivity index (χ2v) is 10.5. The molecule has 1 fully saturated rings. The van der Waals surface area contributed by atoms with Crippen LogP contribution in [0.2, 0.25) is 0 Å². The highest BCUT2D eigenvalue weighted by atomic mass is 32.2. The Kier molecular flexibility index (Phi) is 9.01. The molecule has 1 aromatic carbocycles. The predicted octanol–water partition coefficient (Wildman–Crippen LogP) is 2.84. The number of carbonyl (C=O) groups excluding carboxylic acids is 1. The molecule has 1 saturated carbocycles. The van der Waals surface area contributed by atoms with Crippen LogP contribution < -0.4 is 15.5 Å². The zero-order valence-electron chi connectivity index (χ0n) is 19.6. The fraction of sp³-hybridized carbons (Fsp3) is 0.500. The Hall–Kier alpha value is -2.53. The van der Waals surface area contributed by atoms with E-state index in [1.165, 1.54) is 31.4 Å². The van der Waals surface area contributed by atoms with Crippen LogP contribution in [0.5, 0.6) is 5.75 Å². The molecule has 0 spiro atoms. The summed E-state index contributed by atoms with van der Waals surface area (Å²) in [4.78, 5) is 15.1. The molecule has 3 N–H and O–H groups in total. The fourth-order valence-corrected chi connectivity index (χ4v) is 6.62. The first-order chi connectivity index (χ1) is 16.4. The molecule has 0 bridgehead atoms. The Morgan fingerprint density at radius 1 is 1.12 bits per heavy atom. The molecule has 10 heteroatoms. The molecular formula is C24H33N3O6S. The number of methoxy groups -OCH3 is 1. The van der Waals surface area contributed by atoms with Crippen LogP contribution in [0.15, 0.2) is 53.7 Å². The monoisotopic (exact) mass is 491 g/mol. The average molecular weight is 492 g/mol. The highest BCUT2D eigenvalue weighted by molar-refractivity contribution is 7.93. The lowest BCUT2D eigenvalue weighted by molar-refractivity contribution is -0.135. The number of nitrogens with one attached hydrogen (secondary N) is 2. The van der Waals surface area contributed by atoms with Crippen LogP contribution in [-0.4, -0.2) is 49.2 Å². The molecule has 186 valence electrons. The zero-order valence-corrected chi connectivity index (χ0v) is 20.4. The van der Waals surface area contributed by atoms with Gasteiger partial charge in [0.05, 0.1) is 18.1 Å². The molecule has 0 radical (unpaired) electrons. The number of sulfone groups is 1. The Balaban J connectivity index is 2.02. The molecule has 0 saturated heterocycles. The third-order valence-electron chi connectivity index (χ3n) is 6.34. The number of nitrogens with zero attached hydrogens (tertiary/aromatic N) is 1. The molecular weight excluding hydrogens is 458 g/mol. The van der Waals surface area contributed by atoms with Gasteiger partial charge in [0.15, 0.2) is 0 Å². The summed E-state index contributed by atoms with van der Waals surface area (Å²) in [7, 11) is -2.81. The van der Waals surface area contributed by atoms with E-state index >= 15 is 0 Å². The minimum Gasteiger partial charge on any atom is -0.497 e. The Morgan fingerprint density at radius 3 is 2.32 bits per heavy atom. The van der Waals surface area contributed by atoms with Crippen molar-refractivity contribution in [1.29, 1.82) is 0 Å². The Morgan fingerprint density at radius 2 is 1.76 bits per heavy atom. The van der Waals surface area contributed by atoms with Crippen molar-refractivity contribution >= 4 is 15.7 Å². The average Bonchev–Trinajstić information content (AvgIpc) is 2.88. The van der Waals surface area contributed by atoms with E-state index in [0.717, 1.165) is 12.0 Å². The van der Waals surface area contributed by atoms with Crippen molar-refractivity contribution in [1.82, 2.24) is 15.8 Å². The second-order valence-electron chi connectivity index (χ2n) is 8.41. The summed E-state index contributed by atoms with van der Waals surface area (Å²) in [6, 6.07) is 9.38. The lowest BCUT2D eigenvalue weighted by atomic mass is 9.81. The normalized spacial score (nSPS) is 20.3. The molecule has 1 aromatic heterocycles. The van der Waals surface area contributed by atoms with Gasteiger partial charge in [-0.15, -0.1) is 0 Å². The fourth-order valence-electron chi connectivity index (χ4n) is 4.52. The van der Waals surface area contributed by atoms with Crippen molar-refractivity contribution in [2.75, 3.05) is 13.7 Å². The van der Waals surface area contributed by atoms with Crippen molar-refractivity contribution in [2.45, 2.75) is 61.4 Å². The SMILES string of the molecule is CCCOC1CCC([C@@](NCc2ccncc2)(C(=O)NO)S(=O)(=O)c2ccc(OC)cc2)CC1. The van der Waals surface area contributed by atoms with E-state index in [0.29, 0.717) is 38.0 Å². The number of pyridine rings is 1. The molecule has 3 rings (SSSR count). The molecule has 0 unspecified atom stereocenters. The highest BCUT2D eigenvalue weighted by Gasteiger charge is 2.57. The minimum atomic E-state index is -4.30. The van der Waals surface area contributed by atoms with E-state index in [9.17, 15) is 18.4 Å². The molecule has 1 aliphatic rings. The third kappa shape index (κ3) is 5.41. The first-order valence-corrected chi connectivity index (χ1v) is 13.0. The molecule has 1 aliphatic carbocycles. The minimum absolute atomic E-state index is 0.0231. The van der Waals surface area contributed by atoms with Crippen molar-refractivity contribution in [3.8, 4) is 5.75 Å². The van der Waals surface area contributed by atoms with Crippen molar-refractivity contribution in [3.05, 3.63) is 54.4 Å². The van der Waals surface area contributed by atoms with Crippen LogP contribution in [0, 0.1) is 5.92 Å². The lowest BCUT2D eigenvalue weighted by Gasteiger charge is -2.42. The first-order valence-electron chi connectivity index (χ1n) is 11.5. The number of aromatic nitrogens is 1. The molecule has 1 amide bonds. The molecule has 9 nitrogen and oxygen atoms in total. The molecule has 1 atom stereocenters. The summed E-state index contributed by atoms with van der Waals surface area (Å²) in [5, 5.41) is 12.7. The van der Waals surface area contributed by atoms with E-state index in [1.807, 2.05) is 6.92 Å². The van der Waals surface area contributed by atoms with Crippen molar-refractivity contribution in [2.24, 2.45) is 5.92 Å². The maximum absolute atomic E-state index is 14.1. The van der Waals surface area contributed by atoms with Crippen LogP contribution >= 0.6 is 0 Å². The topological polar surface area (TPSA) is 127 Å². The van der Waals surface area contributed by atoms with Crippen LogP contribution in [-0.2, 0) is 25.9 Å². The summed E-state index contributed by atoms with van der Waals surface area (Å²) in [5.41, 5.74) is 2.39. The van der Waals surface area contributed by atoms with Gasteiger partial charge in [0.25, 0.3) is 5.91 Å². The Bertz CT molecular complexity index is 1020. The standard InChI is InChI=1S/C24H33N3O6S/c1-3-16-33-21-6-4-19(5-7-21)24(23(28)27-29,26-17-18-12-14-25-15-13-18)34(30,31)22-10-8-20(32-2)9-11-22/h8-15,19,21,26,29H,3-7,16-17H2,1-2H3,(H,27,28)/t19?,21?,24-/m0/s1. The molecule has 2 aromatic rings. The highest BCUT2D eigenvalue weighted by Crippen LogP contribution is 2.41. The van der Waals surface area contributed by atoms with Gasteiger partial charge in [-0.3, -0.25) is 20.3 Å². The lowest BCUT2D eigenvalue weighted by Crippen LogP contribution is -2.66. The van der Waals surface area contributed by atoms with E-state index < -0.39 is 26.5 Å². The smallest absolute Gasteiger partial charge is 0.280 e. The summed E-state index contributed by atoms with van der Waals surface area (Å²) in [5.74, 6) is -1.10. The largest absolute Gasteiger partial charge is 0.497 e. The summed E-state index contributed by atoms with van der Waals surface area (Å²) in [6.45, 7) is 2.77. The summed E-state index contributed by atoms with van der Waals surface area (Å²) >= 11 is 0. The maximum Gasteiger partial charge on any atom is 0.280 e. The van der Waals surface area contributed by atoms with Crippen molar-refractivity contribution in [3.63, 3.8) is 0 Å². The van der Waals surface area contributed by atoms with E-state index in [-0.39, 0.29) is 17.5 Å². The van der Waals surface area contributed by atoms with Crippen LogP contribution in [0.4, 0.5) is 0 Å². The van der Waals surface area contributed by atoms with Gasteiger partial charge in [0, 0.05) is 31.5 Å². The van der Waals surface area contributed by atoms with Crippen LogP contribution in [0.1, 0.15) is 44.6 Å². The van der Waals surface area contributed by atoms with Gasteiger partial charge in [-0.05, 0) is 74.1 Å². The second kappa shape index (κ2) is 11.7. The van der Waals surface area contributed by atoms with Gasteiger partial charge in [-0.1, -0.05) is 6.92 Å². The molecule has 34 heavy (non-hydrogen) atoms. The number of hydrogen-bond donors (Lipinski definition) is 3. The summed E-state index contributed by atoms with van der Waals surface area (Å²) in [6.07, 6.45) is 6.25. The first kappa shape index (κ1) is 26.1. The maximum atomic E-state index is 14.1. The number of ether oxygens (including phenoxy) is 2. The number of benzene rings is 1. The number of amides is 1. The van der Waals surface area contributed by atoms with E-state index in [4.69, 9.17) is 9.47 Å². The van der Waals surface area contributed by atoms with Gasteiger partial charge in [-0.2, -0.15) is 0 Å². The predicted molar refractivity (Wildman–Crippen MR) is 126 cm³/mol. The molecule has 0 aliphatic heterocycles. The number of hydrogen-bond acceptors (Lipinski definition) is 8. The molecule has 1 heterocycles. The van der Waals surface area contributed by atoms with Gasteiger partial charge in [0.2, 0.25) is 14.7 Å². The number of hydroxylamine groups is 1. The van der Waals surface area contributed by atoms with Gasteiger partial charge < -0.3 is 9.47 Å². The Labute approximate surface area is 200 Å². The van der Waals surface area contributed by atoms with Crippen LogP contribution in [0.3, 0.4) is 0 Å². The van der Waals surface area contributed by atoms with Crippen molar-refractivity contribution < 1.29 is 27.9 Å². The summed E-state index contributed by atoms with van der Waals surface area (Å²) < 4.78 is 39.2. The van der Waals surface area contributed by atoms with Gasteiger partial charge in [-0.25, -0.2) is 13.9 Å². The van der Waals surface area contributed by atoms with E-state index in [1.54, 1.807) is 30.0 Å². The number of carbonyl (C=O) groups is 1. The third-order valence-corrected chi connectivity index (χ3v) is 8.75. The van der Waals surface area contributed by atoms with Gasteiger partial charge in [0.1, 0.15) is 5.75 Å². The number of rotatable bonds is 11. The quantitative estimate of drug-likeness (QED) is 0.324. The van der Waals surface area contributed by atoms with Gasteiger partial charge >= 0.3 is 0 Å².